The number of nitrogens with two attached hydrogens (primary N) is 1. The van der Waals surface area contributed by atoms with Gasteiger partial charge in [-0.05, 0) is 37.3 Å². The summed E-state index contributed by atoms with van der Waals surface area (Å²) in [5.74, 6) is 1.87. The Kier molecular flexibility index (Phi) is 3.44. The highest BCUT2D eigenvalue weighted by atomic mass is 15.2. The highest BCUT2D eigenvalue weighted by Crippen LogP contribution is 2.21. The number of piperidine rings is 1. The van der Waals surface area contributed by atoms with Crippen LogP contribution in [-0.2, 0) is 0 Å². The number of rotatable bonds is 2. The minimum atomic E-state index is 0.0711. The predicted octanol–water partition coefficient (Wildman–Crippen LogP) is 2.34. The Morgan fingerprint density at radius 3 is 2.88 bits per heavy atom. The van der Waals surface area contributed by atoms with Crippen molar-refractivity contribution in [2.45, 2.75) is 32.7 Å². The van der Waals surface area contributed by atoms with Crippen molar-refractivity contribution in [2.24, 2.45) is 11.7 Å². The zero-order valence-electron chi connectivity index (χ0n) is 10.2. The summed E-state index contributed by atoms with van der Waals surface area (Å²) >= 11 is 0. The molecule has 1 aliphatic rings. The fourth-order valence-corrected chi connectivity index (χ4v) is 2.25. The summed E-state index contributed by atoms with van der Waals surface area (Å²) in [6, 6.07) is 4.25. The van der Waals surface area contributed by atoms with Gasteiger partial charge in [0.05, 0.1) is 0 Å². The lowest BCUT2D eigenvalue weighted by atomic mass is 10.0. The van der Waals surface area contributed by atoms with Gasteiger partial charge in [0.2, 0.25) is 0 Å². The number of hydrogen-bond acceptors (Lipinski definition) is 3. The van der Waals surface area contributed by atoms with Gasteiger partial charge in [0.15, 0.2) is 0 Å². The average Bonchev–Trinajstić information content (AvgIpc) is 2.29. The molecule has 2 unspecified atom stereocenters. The maximum Gasteiger partial charge on any atom is 0.128 e. The van der Waals surface area contributed by atoms with E-state index in [0.29, 0.717) is 0 Å². The zero-order valence-corrected chi connectivity index (χ0v) is 10.2. The molecule has 0 saturated carbocycles. The van der Waals surface area contributed by atoms with Crippen molar-refractivity contribution in [3.8, 4) is 0 Å². The van der Waals surface area contributed by atoms with E-state index in [1.165, 1.54) is 12.8 Å². The lowest BCUT2D eigenvalue weighted by Crippen LogP contribution is -2.34. The van der Waals surface area contributed by atoms with Gasteiger partial charge >= 0.3 is 0 Å². The molecule has 0 spiro atoms. The second kappa shape index (κ2) is 4.83. The normalized spacial score (nSPS) is 23.2. The Labute approximate surface area is 97.7 Å². The molecule has 0 amide bonds. The van der Waals surface area contributed by atoms with E-state index in [1.807, 2.05) is 13.1 Å². The monoisotopic (exact) mass is 219 g/mol. The van der Waals surface area contributed by atoms with Crippen molar-refractivity contribution in [3.63, 3.8) is 0 Å². The van der Waals surface area contributed by atoms with Gasteiger partial charge in [-0.15, -0.1) is 0 Å². The van der Waals surface area contributed by atoms with Crippen molar-refractivity contribution in [1.29, 1.82) is 0 Å². The predicted molar refractivity (Wildman–Crippen MR) is 67.5 cm³/mol. The number of nitrogens with zero attached hydrogens (tertiary/aromatic N) is 2. The third-order valence-electron chi connectivity index (χ3n) is 3.28. The van der Waals surface area contributed by atoms with Crippen LogP contribution < -0.4 is 10.6 Å². The molecule has 3 nitrogen and oxygen atoms in total. The van der Waals surface area contributed by atoms with E-state index in [-0.39, 0.29) is 6.04 Å². The van der Waals surface area contributed by atoms with Crippen LogP contribution in [0.5, 0.6) is 0 Å². The molecule has 0 bridgehead atoms. The summed E-state index contributed by atoms with van der Waals surface area (Å²) < 4.78 is 0. The van der Waals surface area contributed by atoms with Gasteiger partial charge in [0.25, 0.3) is 0 Å². The molecule has 1 aromatic rings. The van der Waals surface area contributed by atoms with Gasteiger partial charge in [-0.2, -0.15) is 0 Å². The van der Waals surface area contributed by atoms with E-state index in [9.17, 15) is 0 Å². The molecule has 1 aromatic heterocycles. The third kappa shape index (κ3) is 2.53. The fraction of sp³-hybridized carbons (Fsp3) is 0.615. The maximum absolute atomic E-state index is 5.81. The average molecular weight is 219 g/mol. The van der Waals surface area contributed by atoms with Crippen LogP contribution in [-0.4, -0.2) is 18.1 Å². The highest BCUT2D eigenvalue weighted by molar-refractivity contribution is 5.40. The Morgan fingerprint density at radius 2 is 2.31 bits per heavy atom. The number of pyridine rings is 1. The summed E-state index contributed by atoms with van der Waals surface area (Å²) in [4.78, 5) is 6.88. The molecule has 0 aliphatic carbocycles. The minimum Gasteiger partial charge on any atom is -0.356 e. The zero-order chi connectivity index (χ0) is 11.5. The minimum absolute atomic E-state index is 0.0711. The molecule has 2 heterocycles. The molecule has 88 valence electrons. The molecule has 16 heavy (non-hydrogen) atoms. The first-order chi connectivity index (χ1) is 7.66. The molecule has 3 heteroatoms. The van der Waals surface area contributed by atoms with Gasteiger partial charge in [-0.3, -0.25) is 0 Å². The smallest absolute Gasteiger partial charge is 0.128 e. The van der Waals surface area contributed by atoms with E-state index in [0.717, 1.165) is 30.4 Å². The Morgan fingerprint density at radius 1 is 1.50 bits per heavy atom. The molecule has 2 rings (SSSR count). The summed E-state index contributed by atoms with van der Waals surface area (Å²) in [6.45, 7) is 6.56. The summed E-state index contributed by atoms with van der Waals surface area (Å²) in [6.07, 6.45) is 4.52. The highest BCUT2D eigenvalue weighted by Gasteiger charge is 2.17. The maximum atomic E-state index is 5.81. The van der Waals surface area contributed by atoms with E-state index >= 15 is 0 Å². The fourth-order valence-electron chi connectivity index (χ4n) is 2.25. The van der Waals surface area contributed by atoms with Gasteiger partial charge in [0, 0.05) is 25.3 Å². The molecule has 2 N–H and O–H groups in total. The second-order valence-corrected chi connectivity index (χ2v) is 4.93. The molecule has 0 radical (unpaired) electrons. The van der Waals surface area contributed by atoms with Crippen LogP contribution in [0, 0.1) is 5.92 Å². The van der Waals surface area contributed by atoms with E-state index < -0.39 is 0 Å². The molecule has 0 aromatic carbocycles. The molecule has 1 fully saturated rings. The summed E-state index contributed by atoms with van der Waals surface area (Å²) in [5.41, 5.74) is 6.92. The van der Waals surface area contributed by atoms with Crippen molar-refractivity contribution < 1.29 is 0 Å². The Balaban J connectivity index is 2.09. The van der Waals surface area contributed by atoms with Gasteiger partial charge in [-0.1, -0.05) is 13.0 Å². The van der Waals surface area contributed by atoms with Crippen molar-refractivity contribution in [1.82, 2.24) is 4.98 Å². The molecule has 1 saturated heterocycles. The first kappa shape index (κ1) is 11.4. The number of hydrogen-bond donors (Lipinski definition) is 1. The Bertz CT molecular complexity index is 332. The largest absolute Gasteiger partial charge is 0.356 e. The molecule has 2 atom stereocenters. The summed E-state index contributed by atoms with van der Waals surface area (Å²) in [7, 11) is 0. The first-order valence-corrected chi connectivity index (χ1v) is 6.13. The number of aromatic nitrogens is 1. The summed E-state index contributed by atoms with van der Waals surface area (Å²) in [5, 5.41) is 0. The lowest BCUT2D eigenvalue weighted by Gasteiger charge is -2.31. The van der Waals surface area contributed by atoms with Crippen molar-refractivity contribution in [3.05, 3.63) is 23.9 Å². The van der Waals surface area contributed by atoms with Crippen LogP contribution in [0.1, 0.15) is 38.3 Å². The van der Waals surface area contributed by atoms with Gasteiger partial charge in [0.1, 0.15) is 5.82 Å². The third-order valence-corrected chi connectivity index (χ3v) is 3.28. The lowest BCUT2D eigenvalue weighted by molar-refractivity contribution is 0.444. The molecular formula is C13H21N3. The quantitative estimate of drug-likeness (QED) is 0.830. The van der Waals surface area contributed by atoms with E-state index in [4.69, 9.17) is 5.73 Å². The van der Waals surface area contributed by atoms with E-state index in [1.54, 1.807) is 0 Å². The van der Waals surface area contributed by atoms with E-state index in [2.05, 4.69) is 28.9 Å². The van der Waals surface area contributed by atoms with Crippen LogP contribution in [0.4, 0.5) is 5.82 Å². The molecule has 1 aliphatic heterocycles. The van der Waals surface area contributed by atoms with Crippen molar-refractivity contribution in [2.75, 3.05) is 18.0 Å². The first-order valence-electron chi connectivity index (χ1n) is 6.13. The van der Waals surface area contributed by atoms with Crippen LogP contribution in [0.25, 0.3) is 0 Å². The SMILES string of the molecule is CC1CCCN(c2ccc(C(C)N)cn2)C1. The number of anilines is 1. The van der Waals surface area contributed by atoms with Crippen LogP contribution >= 0.6 is 0 Å². The van der Waals surface area contributed by atoms with Gasteiger partial charge < -0.3 is 10.6 Å². The van der Waals surface area contributed by atoms with Crippen LogP contribution in [0.15, 0.2) is 18.3 Å². The Hall–Kier alpha value is -1.09. The molecular weight excluding hydrogens is 198 g/mol. The van der Waals surface area contributed by atoms with Crippen LogP contribution in [0.3, 0.4) is 0 Å². The standard InChI is InChI=1S/C13H21N3/c1-10-4-3-7-16(9-10)13-6-5-12(8-15-13)11(2)14/h5-6,8,10-11H,3-4,7,9,14H2,1-2H3. The van der Waals surface area contributed by atoms with Crippen LogP contribution in [0.2, 0.25) is 0 Å². The second-order valence-electron chi connectivity index (χ2n) is 4.93. The van der Waals surface area contributed by atoms with Gasteiger partial charge in [-0.25, -0.2) is 4.98 Å². The topological polar surface area (TPSA) is 42.1 Å². The van der Waals surface area contributed by atoms with Crippen molar-refractivity contribution >= 4 is 5.82 Å².